The quantitative estimate of drug-likeness (QED) is 0.877. The largest absolute Gasteiger partial charge is 0.497 e. The molecule has 1 unspecified atom stereocenters. The van der Waals surface area contributed by atoms with Crippen LogP contribution >= 0.6 is 0 Å². The Kier molecular flexibility index (Phi) is 5.16. The third kappa shape index (κ3) is 3.83. The molecule has 1 atom stereocenters. The van der Waals surface area contributed by atoms with Crippen LogP contribution in [0.2, 0.25) is 0 Å². The van der Waals surface area contributed by atoms with Gasteiger partial charge in [-0.2, -0.15) is 0 Å². The molecule has 0 heterocycles. The maximum Gasteiger partial charge on any atom is 0.119 e. The average Bonchev–Trinajstić information content (AvgIpc) is 2.50. The lowest BCUT2D eigenvalue weighted by Gasteiger charge is -2.17. The van der Waals surface area contributed by atoms with Gasteiger partial charge in [0.2, 0.25) is 0 Å². The molecule has 0 aliphatic heterocycles. The molecule has 0 aromatic heterocycles. The fourth-order valence-electron chi connectivity index (χ4n) is 2.04. The lowest BCUT2D eigenvalue weighted by atomic mass is 10.1. The predicted molar refractivity (Wildman–Crippen MR) is 80.8 cm³/mol. The van der Waals surface area contributed by atoms with Crippen molar-refractivity contribution < 1.29 is 9.47 Å². The van der Waals surface area contributed by atoms with E-state index in [1.807, 2.05) is 24.3 Å². The van der Waals surface area contributed by atoms with Gasteiger partial charge in [-0.05, 0) is 30.2 Å². The van der Waals surface area contributed by atoms with Crippen LogP contribution in [0, 0.1) is 6.92 Å². The number of benzene rings is 2. The summed E-state index contributed by atoms with van der Waals surface area (Å²) in [6.45, 7) is 3.05. The smallest absolute Gasteiger partial charge is 0.119 e. The predicted octanol–water partition coefficient (Wildman–Crippen LogP) is 3.22. The van der Waals surface area contributed by atoms with Crippen molar-refractivity contribution in [1.29, 1.82) is 0 Å². The number of methoxy groups -OCH3 is 1. The molecule has 20 heavy (non-hydrogen) atoms. The zero-order valence-electron chi connectivity index (χ0n) is 12.0. The van der Waals surface area contributed by atoms with Crippen LogP contribution in [0.5, 0.6) is 5.75 Å². The Balaban J connectivity index is 2.01. The van der Waals surface area contributed by atoms with Crippen molar-refractivity contribution in [3.8, 4) is 5.75 Å². The third-order valence-electron chi connectivity index (χ3n) is 3.25. The number of rotatable bonds is 6. The van der Waals surface area contributed by atoms with Gasteiger partial charge in [-0.1, -0.05) is 42.0 Å². The molecule has 0 saturated carbocycles. The van der Waals surface area contributed by atoms with E-state index in [1.54, 1.807) is 7.11 Å². The summed E-state index contributed by atoms with van der Waals surface area (Å²) >= 11 is 0. The number of hydrogen-bond acceptors (Lipinski definition) is 3. The van der Waals surface area contributed by atoms with Gasteiger partial charge >= 0.3 is 0 Å². The molecule has 0 spiro atoms. The molecule has 0 aliphatic carbocycles. The highest BCUT2D eigenvalue weighted by Gasteiger charge is 2.10. The van der Waals surface area contributed by atoms with Crippen LogP contribution in [-0.4, -0.2) is 13.7 Å². The zero-order valence-corrected chi connectivity index (χ0v) is 12.0. The Hall–Kier alpha value is -1.84. The van der Waals surface area contributed by atoms with Crippen molar-refractivity contribution in [3.63, 3.8) is 0 Å². The standard InChI is InChI=1S/C17H21NO2/c1-13-6-8-15(9-7-13)17(11-18)20-12-14-4-3-5-16(10-14)19-2/h3-10,17H,11-12,18H2,1-2H3. The van der Waals surface area contributed by atoms with Crippen molar-refractivity contribution in [2.24, 2.45) is 5.73 Å². The molecule has 0 bridgehead atoms. The van der Waals surface area contributed by atoms with Crippen molar-refractivity contribution >= 4 is 0 Å². The van der Waals surface area contributed by atoms with Crippen molar-refractivity contribution in [3.05, 3.63) is 65.2 Å². The summed E-state index contributed by atoms with van der Waals surface area (Å²) < 4.78 is 11.1. The summed E-state index contributed by atoms with van der Waals surface area (Å²) in [4.78, 5) is 0. The first kappa shape index (κ1) is 14.6. The molecule has 0 amide bonds. The minimum Gasteiger partial charge on any atom is -0.497 e. The van der Waals surface area contributed by atoms with E-state index in [9.17, 15) is 0 Å². The second-order valence-corrected chi connectivity index (χ2v) is 4.80. The van der Waals surface area contributed by atoms with Gasteiger partial charge in [-0.25, -0.2) is 0 Å². The van der Waals surface area contributed by atoms with E-state index in [0.717, 1.165) is 16.9 Å². The Labute approximate surface area is 120 Å². The molecule has 2 rings (SSSR count). The minimum atomic E-state index is -0.0817. The number of hydrogen-bond donors (Lipinski definition) is 1. The molecular formula is C17H21NO2. The van der Waals surface area contributed by atoms with Crippen LogP contribution in [0.3, 0.4) is 0 Å². The van der Waals surface area contributed by atoms with E-state index < -0.39 is 0 Å². The van der Waals surface area contributed by atoms with E-state index in [2.05, 4.69) is 31.2 Å². The first-order valence-corrected chi connectivity index (χ1v) is 6.74. The summed E-state index contributed by atoms with van der Waals surface area (Å²) in [5.74, 6) is 0.839. The second-order valence-electron chi connectivity index (χ2n) is 4.80. The molecule has 2 aromatic rings. The van der Waals surface area contributed by atoms with E-state index >= 15 is 0 Å². The van der Waals surface area contributed by atoms with Crippen LogP contribution in [0.1, 0.15) is 22.8 Å². The van der Waals surface area contributed by atoms with E-state index in [1.165, 1.54) is 5.56 Å². The zero-order chi connectivity index (χ0) is 14.4. The summed E-state index contributed by atoms with van der Waals surface area (Å²) in [5.41, 5.74) is 9.24. The van der Waals surface area contributed by atoms with Gasteiger partial charge in [-0.15, -0.1) is 0 Å². The fraction of sp³-hybridized carbons (Fsp3) is 0.294. The van der Waals surface area contributed by atoms with Crippen LogP contribution in [0.15, 0.2) is 48.5 Å². The van der Waals surface area contributed by atoms with Gasteiger partial charge in [0.15, 0.2) is 0 Å². The first-order valence-electron chi connectivity index (χ1n) is 6.74. The second kappa shape index (κ2) is 7.08. The van der Waals surface area contributed by atoms with Crippen molar-refractivity contribution in [1.82, 2.24) is 0 Å². The maximum absolute atomic E-state index is 5.92. The molecule has 3 nitrogen and oxygen atoms in total. The van der Waals surface area contributed by atoms with Gasteiger partial charge in [0.1, 0.15) is 5.75 Å². The SMILES string of the molecule is COc1cccc(COC(CN)c2ccc(C)cc2)c1. The van der Waals surface area contributed by atoms with E-state index in [4.69, 9.17) is 15.2 Å². The maximum atomic E-state index is 5.92. The topological polar surface area (TPSA) is 44.5 Å². The van der Waals surface area contributed by atoms with E-state index in [0.29, 0.717) is 13.2 Å². The van der Waals surface area contributed by atoms with Gasteiger partial charge < -0.3 is 15.2 Å². The van der Waals surface area contributed by atoms with Crippen LogP contribution in [-0.2, 0) is 11.3 Å². The Bertz CT molecular complexity index is 537. The van der Waals surface area contributed by atoms with E-state index in [-0.39, 0.29) is 6.10 Å². The molecule has 0 radical (unpaired) electrons. The number of aryl methyl sites for hydroxylation is 1. The van der Waals surface area contributed by atoms with Gasteiger partial charge in [0.25, 0.3) is 0 Å². The highest BCUT2D eigenvalue weighted by molar-refractivity contribution is 5.28. The summed E-state index contributed by atoms with van der Waals surface area (Å²) in [5, 5.41) is 0. The van der Waals surface area contributed by atoms with Crippen molar-refractivity contribution in [2.75, 3.05) is 13.7 Å². The Morgan fingerprint density at radius 1 is 1.10 bits per heavy atom. The monoisotopic (exact) mass is 271 g/mol. The molecular weight excluding hydrogens is 250 g/mol. The summed E-state index contributed by atoms with van der Waals surface area (Å²) in [6.07, 6.45) is -0.0817. The molecule has 0 aliphatic rings. The van der Waals surface area contributed by atoms with Crippen LogP contribution in [0.4, 0.5) is 0 Å². The fourth-order valence-corrected chi connectivity index (χ4v) is 2.04. The molecule has 106 valence electrons. The van der Waals surface area contributed by atoms with Crippen molar-refractivity contribution in [2.45, 2.75) is 19.6 Å². The van der Waals surface area contributed by atoms with Gasteiger partial charge in [0, 0.05) is 6.54 Å². The summed E-state index contributed by atoms with van der Waals surface area (Å²) in [6, 6.07) is 16.2. The molecule has 0 saturated heterocycles. The van der Waals surface area contributed by atoms with Gasteiger partial charge in [-0.3, -0.25) is 0 Å². The minimum absolute atomic E-state index is 0.0817. The average molecular weight is 271 g/mol. The lowest BCUT2D eigenvalue weighted by Crippen LogP contribution is -2.15. The third-order valence-corrected chi connectivity index (χ3v) is 3.25. The summed E-state index contributed by atoms with van der Waals surface area (Å²) in [7, 11) is 1.66. The molecule has 0 fully saturated rings. The Morgan fingerprint density at radius 2 is 1.85 bits per heavy atom. The Morgan fingerprint density at radius 3 is 2.50 bits per heavy atom. The first-order chi connectivity index (χ1) is 9.72. The molecule has 3 heteroatoms. The molecule has 2 N–H and O–H groups in total. The highest BCUT2D eigenvalue weighted by Crippen LogP contribution is 2.20. The van der Waals surface area contributed by atoms with Crippen LogP contribution in [0.25, 0.3) is 0 Å². The lowest BCUT2D eigenvalue weighted by molar-refractivity contribution is 0.0455. The molecule has 2 aromatic carbocycles. The van der Waals surface area contributed by atoms with Crippen LogP contribution < -0.4 is 10.5 Å². The normalized spacial score (nSPS) is 12.2. The highest BCUT2D eigenvalue weighted by atomic mass is 16.5. The number of nitrogens with two attached hydrogens (primary N) is 1. The number of ether oxygens (including phenoxy) is 2. The van der Waals surface area contributed by atoms with Gasteiger partial charge in [0.05, 0.1) is 19.8 Å².